The van der Waals surface area contributed by atoms with E-state index in [2.05, 4.69) is 25.8 Å². The lowest BCUT2D eigenvalue weighted by Crippen LogP contribution is -2.50. The first-order valence-electron chi connectivity index (χ1n) is 11.9. The van der Waals surface area contributed by atoms with E-state index in [0.29, 0.717) is 36.0 Å². The van der Waals surface area contributed by atoms with Crippen LogP contribution in [-0.2, 0) is 22.3 Å². The van der Waals surface area contributed by atoms with Gasteiger partial charge in [-0.15, -0.1) is 0 Å². The highest BCUT2D eigenvalue weighted by molar-refractivity contribution is 5.84. The highest BCUT2D eigenvalue weighted by Gasteiger charge is 2.36. The second kappa shape index (κ2) is 9.36. The molecule has 2 fully saturated rings. The number of methoxy groups -OCH3 is 1. The molecule has 8 heteroatoms. The highest BCUT2D eigenvalue weighted by atomic mass is 19.4. The van der Waals surface area contributed by atoms with E-state index in [1.54, 1.807) is 12.1 Å². The van der Waals surface area contributed by atoms with Gasteiger partial charge in [0.2, 0.25) is 0 Å². The van der Waals surface area contributed by atoms with Crippen molar-refractivity contribution in [2.75, 3.05) is 20.2 Å². The summed E-state index contributed by atoms with van der Waals surface area (Å²) in [6.07, 6.45) is -0.547. The van der Waals surface area contributed by atoms with E-state index in [1.807, 2.05) is 4.90 Å². The number of carbonyl (C=O) groups is 1. The van der Waals surface area contributed by atoms with E-state index in [9.17, 15) is 18.0 Å². The molecule has 0 N–H and O–H groups in total. The van der Waals surface area contributed by atoms with Gasteiger partial charge in [0, 0.05) is 25.0 Å². The Kier molecular flexibility index (Phi) is 6.82. The van der Waals surface area contributed by atoms with Crippen molar-refractivity contribution in [3.63, 3.8) is 0 Å². The number of fused-ring (bicyclic) bond motifs is 1. The molecular weight excluding hydrogens is 445 g/mol. The van der Waals surface area contributed by atoms with Gasteiger partial charge in [-0.05, 0) is 61.3 Å². The minimum atomic E-state index is -4.51. The molecule has 1 aromatic heterocycles. The molecule has 2 aromatic rings. The van der Waals surface area contributed by atoms with Crippen molar-refractivity contribution < 1.29 is 27.4 Å². The molecule has 34 heavy (non-hydrogen) atoms. The fraction of sp³-hybridized carbons (Fsp3) is 0.615. The summed E-state index contributed by atoms with van der Waals surface area (Å²) in [5.41, 5.74) is 0.172. The first-order chi connectivity index (χ1) is 15.9. The molecule has 1 aliphatic carbocycles. The van der Waals surface area contributed by atoms with E-state index in [-0.39, 0.29) is 35.3 Å². The Labute approximate surface area is 198 Å². The summed E-state index contributed by atoms with van der Waals surface area (Å²) in [5, 5.41) is 0.0492. The molecule has 4 rings (SSSR count). The molecule has 0 atom stereocenters. The minimum absolute atomic E-state index is 0.0202. The van der Waals surface area contributed by atoms with Gasteiger partial charge in [0.1, 0.15) is 5.75 Å². The second-order valence-corrected chi connectivity index (χ2v) is 10.7. The summed E-state index contributed by atoms with van der Waals surface area (Å²) in [4.78, 5) is 17.9. The lowest BCUT2D eigenvalue weighted by Gasteiger charge is -2.37. The summed E-state index contributed by atoms with van der Waals surface area (Å²) < 4.78 is 52.7. The van der Waals surface area contributed by atoms with E-state index in [1.165, 1.54) is 13.2 Å². The molecule has 0 unspecified atom stereocenters. The third-order valence-electron chi connectivity index (χ3n) is 7.22. The van der Waals surface area contributed by atoms with Gasteiger partial charge >= 0.3 is 12.1 Å². The number of likely N-dealkylation sites (tertiary alicyclic amines) is 1. The Morgan fingerprint density at radius 2 is 1.76 bits per heavy atom. The highest BCUT2D eigenvalue weighted by Crippen LogP contribution is 2.40. The third kappa shape index (κ3) is 5.48. The number of benzene rings is 1. The van der Waals surface area contributed by atoms with Crippen molar-refractivity contribution in [1.29, 1.82) is 0 Å². The molecule has 186 valence electrons. The molecule has 1 aromatic carbocycles. The maximum Gasteiger partial charge on any atom is 0.417 e. The Morgan fingerprint density at radius 1 is 1.09 bits per heavy atom. The van der Waals surface area contributed by atoms with Crippen molar-refractivity contribution in [1.82, 2.24) is 9.88 Å². The van der Waals surface area contributed by atoms with Gasteiger partial charge in [-0.3, -0.25) is 14.7 Å². The molecule has 1 aliphatic heterocycles. The first kappa shape index (κ1) is 24.8. The van der Waals surface area contributed by atoms with E-state index in [0.717, 1.165) is 31.7 Å². The average molecular weight is 479 g/mol. The first-order valence-corrected chi connectivity index (χ1v) is 11.9. The fourth-order valence-corrected chi connectivity index (χ4v) is 5.13. The zero-order valence-electron chi connectivity index (χ0n) is 20.2. The monoisotopic (exact) mass is 478 g/mol. The molecular formula is C26H33F3N2O3. The number of pyridine rings is 1. The van der Waals surface area contributed by atoms with Gasteiger partial charge in [-0.1, -0.05) is 20.8 Å². The van der Waals surface area contributed by atoms with Gasteiger partial charge in [0.05, 0.1) is 35.9 Å². The number of halogens is 3. The van der Waals surface area contributed by atoms with Crippen LogP contribution in [0.4, 0.5) is 13.2 Å². The summed E-state index contributed by atoms with van der Waals surface area (Å²) in [6.45, 7) is 7.92. The van der Waals surface area contributed by atoms with Gasteiger partial charge in [-0.25, -0.2) is 0 Å². The Balaban J connectivity index is 1.50. The number of nitrogens with zero attached hydrogens (tertiary/aromatic N) is 2. The number of aromatic nitrogens is 1. The second-order valence-electron chi connectivity index (χ2n) is 10.7. The topological polar surface area (TPSA) is 51.7 Å². The van der Waals surface area contributed by atoms with Crippen LogP contribution in [0.15, 0.2) is 24.3 Å². The van der Waals surface area contributed by atoms with Crippen LogP contribution in [0.1, 0.15) is 57.7 Å². The summed E-state index contributed by atoms with van der Waals surface area (Å²) in [7, 11) is 1.33. The molecule has 5 nitrogen and oxygen atoms in total. The van der Waals surface area contributed by atoms with Gasteiger partial charge in [0.15, 0.2) is 0 Å². The number of hydrogen-bond acceptors (Lipinski definition) is 5. The number of hydrogen-bond donors (Lipinski definition) is 0. The molecule has 0 amide bonds. The van der Waals surface area contributed by atoms with Crippen LogP contribution >= 0.6 is 0 Å². The van der Waals surface area contributed by atoms with Gasteiger partial charge in [0.25, 0.3) is 0 Å². The number of esters is 1. The van der Waals surface area contributed by atoms with Crippen molar-refractivity contribution in [3.8, 4) is 5.75 Å². The van der Waals surface area contributed by atoms with Gasteiger partial charge in [-0.2, -0.15) is 13.2 Å². The van der Waals surface area contributed by atoms with Crippen LogP contribution in [0, 0.1) is 17.3 Å². The molecule has 0 radical (unpaired) electrons. The Morgan fingerprint density at radius 3 is 2.35 bits per heavy atom. The fourth-order valence-electron chi connectivity index (χ4n) is 5.13. The Bertz CT molecular complexity index is 1030. The number of ether oxygens (including phenoxy) is 2. The standard InChI is InChI=1S/C26H33F3N2O3/c1-25(2,3)17-5-7-19(8-6-17)34-20-9-10-23-21(12-20)22(26(27,28)29)11-18(30-23)15-31-13-16(14-31)24(32)33-4/h9-12,16-17,19H,5-8,13-15H2,1-4H3/t17-,19-. The average Bonchev–Trinajstić information content (AvgIpc) is 2.74. The predicted octanol–water partition coefficient (Wildman–Crippen LogP) is 5.84. The van der Waals surface area contributed by atoms with E-state index < -0.39 is 11.7 Å². The third-order valence-corrected chi connectivity index (χ3v) is 7.22. The lowest BCUT2D eigenvalue weighted by molar-refractivity contribution is -0.151. The van der Waals surface area contributed by atoms with Crippen molar-refractivity contribution in [3.05, 3.63) is 35.5 Å². The molecule has 1 saturated carbocycles. The zero-order chi connectivity index (χ0) is 24.7. The molecule has 2 aliphatic rings. The largest absolute Gasteiger partial charge is 0.490 e. The predicted molar refractivity (Wildman–Crippen MR) is 123 cm³/mol. The molecule has 1 saturated heterocycles. The SMILES string of the molecule is COC(=O)C1CN(Cc2cc(C(F)(F)F)c3cc(O[C@H]4CC[C@H](C(C)(C)C)CC4)ccc3n2)C1. The number of alkyl halides is 3. The Hall–Kier alpha value is -2.35. The van der Waals surface area contributed by atoms with E-state index >= 15 is 0 Å². The summed E-state index contributed by atoms with van der Waals surface area (Å²) >= 11 is 0. The van der Waals surface area contributed by atoms with Crippen LogP contribution in [0.5, 0.6) is 5.75 Å². The van der Waals surface area contributed by atoms with Crippen molar-refractivity contribution >= 4 is 16.9 Å². The van der Waals surface area contributed by atoms with Crippen LogP contribution in [-0.4, -0.2) is 42.2 Å². The smallest absolute Gasteiger partial charge is 0.417 e. The maximum atomic E-state index is 13.9. The quantitative estimate of drug-likeness (QED) is 0.505. The lowest BCUT2D eigenvalue weighted by atomic mass is 9.72. The van der Waals surface area contributed by atoms with Crippen molar-refractivity contribution in [2.24, 2.45) is 17.3 Å². The number of rotatable bonds is 5. The zero-order valence-corrected chi connectivity index (χ0v) is 20.2. The molecule has 2 heterocycles. The maximum absolute atomic E-state index is 13.9. The van der Waals surface area contributed by atoms with Crippen LogP contribution in [0.25, 0.3) is 10.9 Å². The minimum Gasteiger partial charge on any atom is -0.490 e. The molecule has 0 bridgehead atoms. The van der Waals surface area contributed by atoms with Crippen LogP contribution in [0.2, 0.25) is 0 Å². The summed E-state index contributed by atoms with van der Waals surface area (Å²) in [6, 6.07) is 5.91. The van der Waals surface area contributed by atoms with Crippen LogP contribution in [0.3, 0.4) is 0 Å². The summed E-state index contributed by atoms with van der Waals surface area (Å²) in [5.74, 6) is 0.567. The van der Waals surface area contributed by atoms with Crippen LogP contribution < -0.4 is 4.74 Å². The molecule has 0 spiro atoms. The van der Waals surface area contributed by atoms with Gasteiger partial charge < -0.3 is 9.47 Å². The normalized spacial score (nSPS) is 22.4. The number of carbonyl (C=O) groups excluding carboxylic acids is 1. The van der Waals surface area contributed by atoms with Crippen molar-refractivity contribution in [2.45, 2.75) is 65.3 Å². The van der Waals surface area contributed by atoms with E-state index in [4.69, 9.17) is 9.47 Å².